The van der Waals surface area contributed by atoms with Gasteiger partial charge in [-0.15, -0.1) is 0 Å². The van der Waals surface area contributed by atoms with Crippen LogP contribution < -0.4 is 14.8 Å². The van der Waals surface area contributed by atoms with Crippen LogP contribution in [0.3, 0.4) is 0 Å². The lowest BCUT2D eigenvalue weighted by molar-refractivity contribution is -0.170. The predicted molar refractivity (Wildman–Crippen MR) is 118 cm³/mol. The Morgan fingerprint density at radius 1 is 1.22 bits per heavy atom. The molecular formula is C23H29F3N2O8. The van der Waals surface area contributed by atoms with Crippen LogP contribution in [-0.4, -0.2) is 97.0 Å². The minimum absolute atomic E-state index is 0.0497. The fourth-order valence-corrected chi connectivity index (χ4v) is 4.50. The number of nitrogens with one attached hydrogen (secondary N) is 1. The number of fused-ring (bicyclic) bond motifs is 3. The normalized spacial score (nSPS) is 22.7. The molecule has 0 saturated heterocycles. The summed E-state index contributed by atoms with van der Waals surface area (Å²) in [4.78, 5) is 26.3. The van der Waals surface area contributed by atoms with E-state index >= 15 is 0 Å². The second kappa shape index (κ2) is 11.5. The van der Waals surface area contributed by atoms with E-state index in [1.807, 2.05) is 0 Å². The number of carbonyl (C=O) groups is 2. The number of aliphatic hydroxyl groups is 3. The highest BCUT2D eigenvalue weighted by Gasteiger charge is 2.52. The number of amides is 2. The van der Waals surface area contributed by atoms with Crippen molar-refractivity contribution in [2.75, 3.05) is 40.5 Å². The summed E-state index contributed by atoms with van der Waals surface area (Å²) in [5.74, 6) is -2.21. The number of carbonyl (C=O) groups excluding carboxylic acids is 2. The van der Waals surface area contributed by atoms with Gasteiger partial charge in [0.2, 0.25) is 11.8 Å². The molecule has 1 heterocycles. The highest BCUT2D eigenvalue weighted by Crippen LogP contribution is 2.51. The molecule has 1 aromatic rings. The molecule has 0 bridgehead atoms. The van der Waals surface area contributed by atoms with Crippen molar-refractivity contribution in [2.24, 2.45) is 0 Å². The van der Waals surface area contributed by atoms with Crippen molar-refractivity contribution < 1.29 is 52.3 Å². The van der Waals surface area contributed by atoms with Gasteiger partial charge in [-0.05, 0) is 23.8 Å². The van der Waals surface area contributed by atoms with Crippen molar-refractivity contribution in [3.8, 4) is 11.5 Å². The SMILES string of the molecule is COCCC(=O)N(CC(F)(F)F)C1C=C(C(=O)NCCO)C2c3cc(CO)cc(OC)c3OC2C1O. The number of hydrogen-bond donors (Lipinski definition) is 4. The summed E-state index contributed by atoms with van der Waals surface area (Å²) >= 11 is 0. The summed E-state index contributed by atoms with van der Waals surface area (Å²) in [6.07, 6.45) is -6.92. The van der Waals surface area contributed by atoms with Crippen LogP contribution in [0.25, 0.3) is 0 Å². The standard InChI is InChI=1S/C23H29F3N2O8/c1-34-6-3-17(31)28(11-23(24,25)26)15-9-14(22(33)27-4-5-29)18-13-7-12(10-30)8-16(35-2)20(13)36-21(18)19(15)32/h7-9,15,18-19,21,29-30,32H,3-6,10-11H2,1-2H3,(H,27,33). The van der Waals surface area contributed by atoms with E-state index in [0.29, 0.717) is 16.0 Å². The zero-order valence-electron chi connectivity index (χ0n) is 19.7. The number of alkyl halides is 3. The van der Waals surface area contributed by atoms with Gasteiger partial charge in [-0.3, -0.25) is 9.59 Å². The molecule has 2 aliphatic rings. The summed E-state index contributed by atoms with van der Waals surface area (Å²) < 4.78 is 56.4. The monoisotopic (exact) mass is 518 g/mol. The van der Waals surface area contributed by atoms with Crippen molar-refractivity contribution in [2.45, 2.75) is 43.4 Å². The van der Waals surface area contributed by atoms with Crippen LogP contribution in [0.15, 0.2) is 23.8 Å². The van der Waals surface area contributed by atoms with Gasteiger partial charge in [0, 0.05) is 24.8 Å². The maximum atomic E-state index is 13.5. The molecule has 10 nitrogen and oxygen atoms in total. The first-order chi connectivity index (χ1) is 17.1. The first-order valence-corrected chi connectivity index (χ1v) is 11.2. The van der Waals surface area contributed by atoms with Crippen molar-refractivity contribution in [1.82, 2.24) is 10.2 Å². The lowest BCUT2D eigenvalue weighted by atomic mass is 9.77. The fourth-order valence-electron chi connectivity index (χ4n) is 4.50. The summed E-state index contributed by atoms with van der Waals surface area (Å²) in [5, 5.41) is 32.4. The van der Waals surface area contributed by atoms with Crippen LogP contribution in [0.2, 0.25) is 0 Å². The number of halogens is 3. The van der Waals surface area contributed by atoms with Crippen molar-refractivity contribution >= 4 is 11.8 Å². The molecule has 4 N–H and O–H groups in total. The van der Waals surface area contributed by atoms with E-state index in [1.165, 1.54) is 20.3 Å². The fraction of sp³-hybridized carbons (Fsp3) is 0.565. The smallest absolute Gasteiger partial charge is 0.406 e. The molecule has 0 fully saturated rings. The minimum Gasteiger partial charge on any atom is -0.493 e. The summed E-state index contributed by atoms with van der Waals surface area (Å²) in [7, 11) is 2.65. The van der Waals surface area contributed by atoms with Crippen LogP contribution >= 0.6 is 0 Å². The Labute approximate surface area is 205 Å². The van der Waals surface area contributed by atoms with E-state index in [2.05, 4.69) is 5.32 Å². The van der Waals surface area contributed by atoms with Crippen molar-refractivity contribution in [1.29, 1.82) is 0 Å². The molecule has 200 valence electrons. The maximum Gasteiger partial charge on any atom is 0.406 e. The molecule has 0 radical (unpaired) electrons. The first-order valence-electron chi connectivity index (χ1n) is 11.2. The number of aliphatic hydroxyl groups excluding tert-OH is 3. The van der Waals surface area contributed by atoms with Crippen LogP contribution in [0, 0.1) is 0 Å². The molecule has 3 rings (SSSR count). The molecule has 2 amide bonds. The topological polar surface area (TPSA) is 138 Å². The van der Waals surface area contributed by atoms with Gasteiger partial charge in [0.25, 0.3) is 0 Å². The highest BCUT2D eigenvalue weighted by molar-refractivity contribution is 5.96. The second-order valence-corrected chi connectivity index (χ2v) is 8.40. The van der Waals surface area contributed by atoms with E-state index in [4.69, 9.17) is 19.3 Å². The second-order valence-electron chi connectivity index (χ2n) is 8.40. The lowest BCUT2D eigenvalue weighted by Crippen LogP contribution is -2.57. The molecule has 0 aromatic heterocycles. The number of rotatable bonds is 10. The van der Waals surface area contributed by atoms with Gasteiger partial charge in [-0.2, -0.15) is 13.2 Å². The van der Waals surface area contributed by atoms with Gasteiger partial charge < -0.3 is 39.7 Å². The molecule has 4 unspecified atom stereocenters. The minimum atomic E-state index is -4.79. The number of methoxy groups -OCH3 is 2. The summed E-state index contributed by atoms with van der Waals surface area (Å²) in [6, 6.07) is 1.50. The van der Waals surface area contributed by atoms with Gasteiger partial charge in [0.05, 0.1) is 45.3 Å². The van der Waals surface area contributed by atoms with E-state index in [-0.39, 0.29) is 49.9 Å². The molecule has 0 saturated carbocycles. The quantitative estimate of drug-likeness (QED) is 0.346. The third kappa shape index (κ3) is 5.75. The number of ether oxygens (including phenoxy) is 3. The summed E-state index contributed by atoms with van der Waals surface area (Å²) in [5.41, 5.74) is 0.765. The van der Waals surface area contributed by atoms with Crippen LogP contribution in [0.4, 0.5) is 13.2 Å². The third-order valence-corrected chi connectivity index (χ3v) is 6.04. The Morgan fingerprint density at radius 2 is 1.94 bits per heavy atom. The van der Waals surface area contributed by atoms with Crippen molar-refractivity contribution in [3.63, 3.8) is 0 Å². The number of hydrogen-bond acceptors (Lipinski definition) is 8. The van der Waals surface area contributed by atoms with Crippen LogP contribution in [0.1, 0.15) is 23.5 Å². The number of benzene rings is 1. The first kappa shape index (κ1) is 27.7. The molecule has 0 spiro atoms. The van der Waals surface area contributed by atoms with Gasteiger partial charge >= 0.3 is 6.18 Å². The van der Waals surface area contributed by atoms with Gasteiger partial charge in [-0.1, -0.05) is 0 Å². The lowest BCUT2D eigenvalue weighted by Gasteiger charge is -2.40. The van der Waals surface area contributed by atoms with Crippen LogP contribution in [-0.2, 0) is 20.9 Å². The van der Waals surface area contributed by atoms with E-state index in [0.717, 1.165) is 6.08 Å². The predicted octanol–water partition coefficient (Wildman–Crippen LogP) is 0.237. The average Bonchev–Trinajstić information content (AvgIpc) is 3.23. The Balaban J connectivity index is 2.13. The average molecular weight is 518 g/mol. The maximum absolute atomic E-state index is 13.5. The Morgan fingerprint density at radius 3 is 2.53 bits per heavy atom. The van der Waals surface area contributed by atoms with Crippen LogP contribution in [0.5, 0.6) is 11.5 Å². The molecule has 1 aliphatic heterocycles. The summed E-state index contributed by atoms with van der Waals surface area (Å²) in [6.45, 7) is -2.69. The third-order valence-electron chi connectivity index (χ3n) is 6.04. The van der Waals surface area contributed by atoms with E-state index in [9.17, 15) is 33.0 Å². The zero-order chi connectivity index (χ0) is 26.6. The van der Waals surface area contributed by atoms with Gasteiger partial charge in [0.15, 0.2) is 11.5 Å². The zero-order valence-corrected chi connectivity index (χ0v) is 19.7. The highest BCUT2D eigenvalue weighted by atomic mass is 19.4. The molecule has 1 aromatic carbocycles. The largest absolute Gasteiger partial charge is 0.493 e. The Hall–Kier alpha value is -2.87. The van der Waals surface area contributed by atoms with Crippen molar-refractivity contribution in [3.05, 3.63) is 34.9 Å². The van der Waals surface area contributed by atoms with E-state index in [1.54, 1.807) is 6.07 Å². The van der Waals surface area contributed by atoms with Gasteiger partial charge in [0.1, 0.15) is 18.8 Å². The molecule has 13 heteroatoms. The van der Waals surface area contributed by atoms with E-state index < -0.39 is 48.7 Å². The van der Waals surface area contributed by atoms with Gasteiger partial charge in [-0.25, -0.2) is 0 Å². The molecular weight excluding hydrogens is 489 g/mol. The molecule has 1 aliphatic carbocycles. The Bertz CT molecular complexity index is 1000. The molecule has 36 heavy (non-hydrogen) atoms. The molecule has 4 atom stereocenters. The number of nitrogens with zero attached hydrogens (tertiary/aromatic N) is 1. The Kier molecular flexibility index (Phi) is 8.82.